The van der Waals surface area contributed by atoms with Crippen molar-refractivity contribution in [2.45, 2.75) is 90.3 Å². The van der Waals surface area contributed by atoms with Crippen LogP contribution in [0.3, 0.4) is 0 Å². The standard InChI is InChI=1S/C29H40O3/c1-5-18-6-8-19(9-7-18)14-20-10-12-28(17-20)13-11-21-15-22-25-23(30)16-24(32-4)29(25,31)26(21,2)27(22,28)3/h6-9,20-22,24-25,31H,5,10-17H2,1-4H3/t20-,21+,22+,24-,25-,26+,27+,28+,29-/m1/s1. The van der Waals surface area contributed by atoms with Crippen molar-refractivity contribution in [3.63, 3.8) is 0 Å². The Morgan fingerprint density at radius 3 is 2.44 bits per heavy atom. The quantitative estimate of drug-likeness (QED) is 0.690. The van der Waals surface area contributed by atoms with Crippen LogP contribution >= 0.6 is 0 Å². The van der Waals surface area contributed by atoms with Gasteiger partial charge in [0.25, 0.3) is 0 Å². The number of carbonyl (C=O) groups excluding carboxylic acids is 1. The van der Waals surface area contributed by atoms with E-state index >= 15 is 0 Å². The lowest BCUT2D eigenvalue weighted by atomic mass is 9.44. The van der Waals surface area contributed by atoms with Crippen LogP contribution in [0, 0.1) is 39.9 Å². The van der Waals surface area contributed by atoms with Gasteiger partial charge in [-0.1, -0.05) is 45.0 Å². The topological polar surface area (TPSA) is 46.5 Å². The van der Waals surface area contributed by atoms with Crippen molar-refractivity contribution in [3.05, 3.63) is 35.4 Å². The van der Waals surface area contributed by atoms with E-state index in [1.165, 1.54) is 49.7 Å². The van der Waals surface area contributed by atoms with E-state index in [-0.39, 0.29) is 34.1 Å². The smallest absolute Gasteiger partial charge is 0.141 e. The summed E-state index contributed by atoms with van der Waals surface area (Å²) in [6.45, 7) is 7.07. The van der Waals surface area contributed by atoms with Crippen LogP contribution in [0.25, 0.3) is 0 Å². The van der Waals surface area contributed by atoms with Crippen molar-refractivity contribution in [2.24, 2.45) is 39.9 Å². The number of methoxy groups -OCH3 is 1. The molecule has 5 aliphatic rings. The highest BCUT2D eigenvalue weighted by atomic mass is 16.5. The number of ketones is 1. The summed E-state index contributed by atoms with van der Waals surface area (Å²) in [4.78, 5) is 13.2. The van der Waals surface area contributed by atoms with Crippen LogP contribution in [0.1, 0.15) is 76.8 Å². The van der Waals surface area contributed by atoms with Crippen LogP contribution in [0.15, 0.2) is 24.3 Å². The number of ether oxygens (including phenoxy) is 1. The van der Waals surface area contributed by atoms with Crippen molar-refractivity contribution in [3.8, 4) is 0 Å². The summed E-state index contributed by atoms with van der Waals surface area (Å²) in [6.07, 6.45) is 9.74. The number of rotatable bonds is 4. The average molecular weight is 437 g/mol. The van der Waals surface area contributed by atoms with Gasteiger partial charge in [0.05, 0.1) is 12.0 Å². The molecule has 0 amide bonds. The first kappa shape index (κ1) is 21.4. The minimum absolute atomic E-state index is 0.0238. The van der Waals surface area contributed by atoms with E-state index in [2.05, 4.69) is 45.0 Å². The number of aliphatic hydroxyl groups is 1. The molecular formula is C29H40O3. The highest BCUT2D eigenvalue weighted by Crippen LogP contribution is 2.86. The van der Waals surface area contributed by atoms with Gasteiger partial charge in [-0.15, -0.1) is 0 Å². The molecule has 0 aliphatic heterocycles. The maximum atomic E-state index is 13.2. The summed E-state index contributed by atoms with van der Waals surface area (Å²) in [5.74, 6) is 1.60. The Bertz CT molecular complexity index is 938. The number of hydrogen-bond acceptors (Lipinski definition) is 3. The molecule has 174 valence electrons. The summed E-state index contributed by atoms with van der Waals surface area (Å²) in [5.41, 5.74) is 1.95. The third-order valence-corrected chi connectivity index (χ3v) is 12.1. The molecule has 0 radical (unpaired) electrons. The fourth-order valence-corrected chi connectivity index (χ4v) is 10.6. The minimum atomic E-state index is -0.983. The molecule has 3 nitrogen and oxygen atoms in total. The van der Waals surface area contributed by atoms with Crippen molar-refractivity contribution in [1.82, 2.24) is 0 Å². The van der Waals surface area contributed by atoms with Gasteiger partial charge in [0.1, 0.15) is 11.4 Å². The van der Waals surface area contributed by atoms with Gasteiger partial charge < -0.3 is 9.84 Å². The van der Waals surface area contributed by atoms with Crippen molar-refractivity contribution >= 4 is 5.78 Å². The fraction of sp³-hybridized carbons (Fsp3) is 0.759. The van der Waals surface area contributed by atoms with Gasteiger partial charge in [0.15, 0.2) is 0 Å². The fourth-order valence-electron chi connectivity index (χ4n) is 10.6. The number of aryl methyl sites for hydroxylation is 1. The first-order valence-corrected chi connectivity index (χ1v) is 13.1. The zero-order valence-corrected chi connectivity index (χ0v) is 20.3. The molecule has 32 heavy (non-hydrogen) atoms. The lowest BCUT2D eigenvalue weighted by Crippen LogP contribution is -2.63. The van der Waals surface area contributed by atoms with Crippen LogP contribution in [-0.4, -0.2) is 29.7 Å². The van der Waals surface area contributed by atoms with Crippen LogP contribution in [-0.2, 0) is 22.4 Å². The molecule has 4 bridgehead atoms. The molecular weight excluding hydrogens is 396 g/mol. The highest BCUT2D eigenvalue weighted by molar-refractivity contribution is 5.88. The largest absolute Gasteiger partial charge is 0.386 e. The van der Waals surface area contributed by atoms with Crippen molar-refractivity contribution in [2.75, 3.05) is 7.11 Å². The second kappa shape index (κ2) is 6.69. The molecule has 5 saturated carbocycles. The van der Waals surface area contributed by atoms with Gasteiger partial charge >= 0.3 is 0 Å². The van der Waals surface area contributed by atoms with E-state index in [1.54, 1.807) is 7.11 Å². The Morgan fingerprint density at radius 2 is 1.75 bits per heavy atom. The summed E-state index contributed by atoms with van der Waals surface area (Å²) < 4.78 is 5.83. The molecule has 0 unspecified atom stereocenters. The van der Waals surface area contributed by atoms with Crippen molar-refractivity contribution in [1.29, 1.82) is 0 Å². The van der Waals surface area contributed by atoms with Gasteiger partial charge in [-0.3, -0.25) is 4.79 Å². The molecule has 1 aromatic carbocycles. The molecule has 9 atom stereocenters. The number of Topliss-reactive ketones (excluding diaryl/α,β-unsaturated/α-hetero) is 1. The molecule has 1 N–H and O–H groups in total. The predicted octanol–water partition coefficient (Wildman–Crippen LogP) is 5.37. The summed E-state index contributed by atoms with van der Waals surface area (Å²) >= 11 is 0. The number of fused-ring (bicyclic) bond motifs is 2. The van der Waals surface area contributed by atoms with Gasteiger partial charge in [0.2, 0.25) is 0 Å². The van der Waals surface area contributed by atoms with E-state index < -0.39 is 5.60 Å². The zero-order valence-electron chi connectivity index (χ0n) is 20.3. The monoisotopic (exact) mass is 436 g/mol. The Kier molecular flexibility index (Phi) is 4.46. The first-order chi connectivity index (χ1) is 15.2. The molecule has 3 heteroatoms. The molecule has 1 spiro atoms. The normalized spacial score (nSPS) is 51.0. The first-order valence-electron chi connectivity index (χ1n) is 13.1. The lowest BCUT2D eigenvalue weighted by molar-refractivity contribution is -0.221. The Hall–Kier alpha value is -1.19. The SMILES string of the molecule is CCc1ccc(C[C@H]2CC[C@]3(CC[C@H]4C[C@H]5[C@@H]6C(=O)C[C@@H](OC)[C@]6(O)[C@]4(C)[C@]53C)C2)cc1. The number of carbonyl (C=O) groups is 1. The van der Waals surface area contributed by atoms with E-state index in [4.69, 9.17) is 4.74 Å². The molecule has 0 saturated heterocycles. The molecule has 5 aliphatic carbocycles. The number of hydrogen-bond donors (Lipinski definition) is 1. The molecule has 0 heterocycles. The molecule has 0 aromatic heterocycles. The lowest BCUT2D eigenvalue weighted by Gasteiger charge is -2.61. The van der Waals surface area contributed by atoms with Gasteiger partial charge in [0, 0.05) is 18.9 Å². The Labute approximate surface area is 193 Å². The summed E-state index contributed by atoms with van der Waals surface area (Å²) in [7, 11) is 1.69. The minimum Gasteiger partial charge on any atom is -0.386 e. The van der Waals surface area contributed by atoms with Gasteiger partial charge in [-0.25, -0.2) is 0 Å². The van der Waals surface area contributed by atoms with Gasteiger partial charge in [-0.2, -0.15) is 0 Å². The predicted molar refractivity (Wildman–Crippen MR) is 125 cm³/mol. The molecule has 6 rings (SSSR count). The van der Waals surface area contributed by atoms with Crippen molar-refractivity contribution < 1.29 is 14.6 Å². The van der Waals surface area contributed by atoms with Crippen LogP contribution in [0.4, 0.5) is 0 Å². The summed E-state index contributed by atoms with van der Waals surface area (Å²) in [6, 6.07) is 9.24. The van der Waals surface area contributed by atoms with Crippen LogP contribution in [0.2, 0.25) is 0 Å². The molecule has 1 aromatic rings. The van der Waals surface area contributed by atoms with E-state index in [0.29, 0.717) is 24.2 Å². The third kappa shape index (κ3) is 2.19. The highest BCUT2D eigenvalue weighted by Gasteiger charge is 2.87. The Morgan fingerprint density at radius 1 is 1.06 bits per heavy atom. The second-order valence-electron chi connectivity index (χ2n) is 12.4. The third-order valence-electron chi connectivity index (χ3n) is 12.1. The van der Waals surface area contributed by atoms with E-state index in [0.717, 1.165) is 12.8 Å². The maximum Gasteiger partial charge on any atom is 0.141 e. The second-order valence-corrected chi connectivity index (χ2v) is 12.4. The molecule has 5 fully saturated rings. The Balaban J connectivity index is 1.34. The van der Waals surface area contributed by atoms with Crippen LogP contribution in [0.5, 0.6) is 0 Å². The van der Waals surface area contributed by atoms with Crippen LogP contribution < -0.4 is 0 Å². The zero-order chi connectivity index (χ0) is 22.5. The summed E-state index contributed by atoms with van der Waals surface area (Å²) in [5, 5.41) is 12.3. The maximum absolute atomic E-state index is 13.2. The van der Waals surface area contributed by atoms with Gasteiger partial charge in [-0.05, 0) is 91.1 Å². The average Bonchev–Trinajstić information content (AvgIpc) is 3.40. The number of benzene rings is 1. The van der Waals surface area contributed by atoms with E-state index in [9.17, 15) is 9.90 Å². The van der Waals surface area contributed by atoms with E-state index in [1.807, 2.05) is 0 Å².